The monoisotopic (exact) mass is 232 g/mol. The molecule has 2 radical (unpaired) electrons. The molecule has 1 rings (SSSR count). The highest BCUT2D eigenvalue weighted by Crippen LogP contribution is 2.03. The Morgan fingerprint density at radius 1 is 1.47 bits per heavy atom. The second kappa shape index (κ2) is 5.33. The summed E-state index contributed by atoms with van der Waals surface area (Å²) in [5.41, 5.74) is 5.42. The van der Waals surface area contributed by atoms with Gasteiger partial charge in [0.15, 0.2) is 0 Å². The van der Waals surface area contributed by atoms with E-state index < -0.39 is 11.9 Å². The molecule has 7 heteroatoms. The summed E-state index contributed by atoms with van der Waals surface area (Å²) in [6.07, 6.45) is 1.27. The number of carbonyl (C=O) groups excluding carboxylic acids is 2. The molecule has 0 fully saturated rings. The van der Waals surface area contributed by atoms with Gasteiger partial charge < -0.3 is 11.1 Å². The van der Waals surface area contributed by atoms with E-state index >= 15 is 0 Å². The number of nitrogens with one attached hydrogen (secondary N) is 2. The molecule has 0 aliphatic carbocycles. The molecule has 0 saturated heterocycles. The number of hydrogen-bond donors (Lipinski definition) is 3. The van der Waals surface area contributed by atoms with E-state index in [1.54, 1.807) is 0 Å². The van der Waals surface area contributed by atoms with Crippen LogP contribution in [0.1, 0.15) is 24.2 Å². The topological polar surface area (TPSA) is 97.1 Å². The second-order valence-corrected chi connectivity index (χ2v) is 3.77. The van der Waals surface area contributed by atoms with Gasteiger partial charge in [-0.25, -0.2) is 9.78 Å². The van der Waals surface area contributed by atoms with Gasteiger partial charge in [0.05, 0.1) is 0 Å². The largest absolute Gasteiger partial charge is 0.366 e. The maximum Gasteiger partial charge on any atom is 0.320 e. The first-order valence-electron chi connectivity index (χ1n) is 5.03. The summed E-state index contributed by atoms with van der Waals surface area (Å²) >= 11 is 0. The Hall–Kier alpha value is -2.05. The molecule has 0 spiro atoms. The number of primary amides is 1. The van der Waals surface area contributed by atoms with Crippen LogP contribution < -0.4 is 21.8 Å². The molecule has 3 amide bonds. The minimum absolute atomic E-state index is 0.000562. The van der Waals surface area contributed by atoms with Gasteiger partial charge in [-0.1, -0.05) is 5.46 Å². The van der Waals surface area contributed by atoms with Crippen molar-refractivity contribution in [2.45, 2.75) is 19.9 Å². The number of carbonyl (C=O) groups is 2. The Balaban J connectivity index is 2.82. The van der Waals surface area contributed by atoms with E-state index in [2.05, 4.69) is 15.6 Å². The number of amides is 3. The molecule has 17 heavy (non-hydrogen) atoms. The lowest BCUT2D eigenvalue weighted by molar-refractivity contribution is 0.100. The van der Waals surface area contributed by atoms with Gasteiger partial charge >= 0.3 is 6.03 Å². The zero-order valence-corrected chi connectivity index (χ0v) is 9.65. The summed E-state index contributed by atoms with van der Waals surface area (Å²) in [5.74, 6) is -0.455. The molecule has 0 aromatic carbocycles. The molecule has 1 aromatic rings. The number of nitrogens with two attached hydrogens (primary N) is 1. The predicted octanol–water partition coefficient (Wildman–Crippen LogP) is -0.496. The summed E-state index contributed by atoms with van der Waals surface area (Å²) in [7, 11) is 5.51. The molecule has 0 aliphatic rings. The highest BCUT2D eigenvalue weighted by Gasteiger charge is 2.09. The van der Waals surface area contributed by atoms with E-state index in [0.717, 1.165) is 0 Å². The van der Waals surface area contributed by atoms with Crippen molar-refractivity contribution in [2.75, 3.05) is 5.32 Å². The van der Waals surface area contributed by atoms with Crippen LogP contribution in [0.5, 0.6) is 0 Å². The van der Waals surface area contributed by atoms with Crippen LogP contribution in [0.15, 0.2) is 12.3 Å². The number of aromatic nitrogens is 1. The van der Waals surface area contributed by atoms with Gasteiger partial charge in [0, 0.05) is 17.8 Å². The Bertz CT molecular complexity index is 448. The summed E-state index contributed by atoms with van der Waals surface area (Å²) in [6, 6.07) is 0.921. The van der Waals surface area contributed by atoms with Crippen LogP contribution in [-0.4, -0.2) is 30.8 Å². The maximum absolute atomic E-state index is 11.4. The lowest BCUT2D eigenvalue weighted by Crippen LogP contribution is -2.34. The molecule has 4 N–H and O–H groups in total. The van der Waals surface area contributed by atoms with E-state index in [1.807, 2.05) is 13.8 Å². The van der Waals surface area contributed by atoms with Crippen LogP contribution in [-0.2, 0) is 0 Å². The van der Waals surface area contributed by atoms with Gasteiger partial charge in [-0.3, -0.25) is 10.1 Å². The standard InChI is InChI=1S/C10H13BN4O2/c1-5(2)14-10(17)15-8-3-6(9(12)16)7(11)4-13-8/h3-5H,1-2H3,(H2,12,16)(H2,13,14,15,17). The molecule has 0 unspecified atom stereocenters. The number of nitrogens with zero attached hydrogens (tertiary/aromatic N) is 1. The predicted molar refractivity (Wildman–Crippen MR) is 65.4 cm³/mol. The zero-order chi connectivity index (χ0) is 13.0. The fraction of sp³-hybridized carbons (Fsp3) is 0.300. The van der Waals surface area contributed by atoms with E-state index in [9.17, 15) is 9.59 Å². The fourth-order valence-electron chi connectivity index (χ4n) is 1.16. The molecule has 0 bridgehead atoms. The van der Waals surface area contributed by atoms with Gasteiger partial charge in [-0.15, -0.1) is 0 Å². The smallest absolute Gasteiger partial charge is 0.320 e. The number of urea groups is 1. The lowest BCUT2D eigenvalue weighted by atomic mass is 9.92. The fourth-order valence-corrected chi connectivity index (χ4v) is 1.16. The van der Waals surface area contributed by atoms with Crippen molar-refractivity contribution in [3.8, 4) is 0 Å². The molecule has 0 aliphatic heterocycles. The molecule has 0 atom stereocenters. The van der Waals surface area contributed by atoms with Crippen molar-refractivity contribution in [1.82, 2.24) is 10.3 Å². The summed E-state index contributed by atoms with van der Waals surface area (Å²) in [6.45, 7) is 3.65. The Kier molecular flexibility index (Phi) is 4.09. The van der Waals surface area contributed by atoms with Crippen LogP contribution >= 0.6 is 0 Å². The van der Waals surface area contributed by atoms with Crippen molar-refractivity contribution < 1.29 is 9.59 Å². The highest BCUT2D eigenvalue weighted by atomic mass is 16.2. The van der Waals surface area contributed by atoms with Crippen LogP contribution in [0.3, 0.4) is 0 Å². The minimum atomic E-state index is -0.669. The summed E-state index contributed by atoms with van der Waals surface area (Å²) < 4.78 is 0. The maximum atomic E-state index is 11.4. The minimum Gasteiger partial charge on any atom is -0.366 e. The van der Waals surface area contributed by atoms with Crippen LogP contribution in [0.2, 0.25) is 0 Å². The first-order chi connectivity index (χ1) is 7.90. The molecule has 6 nitrogen and oxygen atoms in total. The normalized spacial score (nSPS) is 10.1. The number of hydrogen-bond acceptors (Lipinski definition) is 3. The number of pyridine rings is 1. The van der Waals surface area contributed by atoms with Crippen LogP contribution in [0.4, 0.5) is 10.6 Å². The second-order valence-electron chi connectivity index (χ2n) is 3.77. The first kappa shape index (κ1) is 13.0. The molecular formula is C10H13BN4O2. The molecule has 1 heterocycles. The van der Waals surface area contributed by atoms with Gasteiger partial charge in [-0.05, 0) is 19.9 Å². The van der Waals surface area contributed by atoms with E-state index in [1.165, 1.54) is 12.3 Å². The number of rotatable bonds is 3. The zero-order valence-electron chi connectivity index (χ0n) is 9.65. The molecular weight excluding hydrogens is 219 g/mol. The summed E-state index contributed by atoms with van der Waals surface area (Å²) in [5, 5.41) is 5.09. The SMILES string of the molecule is [B]c1cnc(NC(=O)NC(C)C)cc1C(N)=O. The van der Waals surface area contributed by atoms with Crippen molar-refractivity contribution in [3.05, 3.63) is 17.8 Å². The average Bonchev–Trinajstić information content (AvgIpc) is 2.19. The van der Waals surface area contributed by atoms with Crippen molar-refractivity contribution in [3.63, 3.8) is 0 Å². The third-order valence-electron chi connectivity index (χ3n) is 1.86. The van der Waals surface area contributed by atoms with Crippen LogP contribution in [0.25, 0.3) is 0 Å². The first-order valence-corrected chi connectivity index (χ1v) is 5.03. The summed E-state index contributed by atoms with van der Waals surface area (Å²) in [4.78, 5) is 26.3. The van der Waals surface area contributed by atoms with Gasteiger partial charge in [0.2, 0.25) is 5.91 Å². The third kappa shape index (κ3) is 3.79. The van der Waals surface area contributed by atoms with Crippen molar-refractivity contribution in [1.29, 1.82) is 0 Å². The molecule has 88 valence electrons. The Morgan fingerprint density at radius 2 is 2.12 bits per heavy atom. The van der Waals surface area contributed by atoms with Gasteiger partial charge in [0.25, 0.3) is 0 Å². The Morgan fingerprint density at radius 3 is 2.65 bits per heavy atom. The number of anilines is 1. The third-order valence-corrected chi connectivity index (χ3v) is 1.86. The molecule has 1 aromatic heterocycles. The quantitative estimate of drug-likeness (QED) is 0.613. The highest BCUT2D eigenvalue weighted by molar-refractivity contribution is 6.36. The Labute approximate surface area is 100 Å². The van der Waals surface area contributed by atoms with E-state index in [0.29, 0.717) is 0 Å². The molecule has 0 saturated carbocycles. The van der Waals surface area contributed by atoms with Gasteiger partial charge in [-0.2, -0.15) is 0 Å². The van der Waals surface area contributed by atoms with Crippen LogP contribution in [0, 0.1) is 0 Å². The lowest BCUT2D eigenvalue weighted by Gasteiger charge is -2.10. The van der Waals surface area contributed by atoms with E-state index in [4.69, 9.17) is 13.6 Å². The van der Waals surface area contributed by atoms with E-state index in [-0.39, 0.29) is 22.9 Å². The van der Waals surface area contributed by atoms with Crippen molar-refractivity contribution in [2.24, 2.45) is 5.73 Å². The average molecular weight is 232 g/mol. The van der Waals surface area contributed by atoms with Gasteiger partial charge in [0.1, 0.15) is 13.7 Å². The van der Waals surface area contributed by atoms with Crippen molar-refractivity contribution >= 4 is 31.1 Å².